The third kappa shape index (κ3) is 4.84. The van der Waals surface area contributed by atoms with Crippen molar-refractivity contribution in [1.29, 1.82) is 0 Å². The quantitative estimate of drug-likeness (QED) is 0.125. The van der Waals surface area contributed by atoms with Gasteiger partial charge in [0.1, 0.15) is 5.75 Å². The molecule has 0 aliphatic rings. The van der Waals surface area contributed by atoms with Crippen LogP contribution >= 0.6 is 23.2 Å². The molecule has 0 N–H and O–H groups in total. The van der Waals surface area contributed by atoms with E-state index in [-0.39, 0.29) is 26.9 Å². The van der Waals surface area contributed by atoms with Gasteiger partial charge in [-0.3, -0.25) is 4.79 Å². The van der Waals surface area contributed by atoms with Crippen LogP contribution in [0.3, 0.4) is 0 Å². The van der Waals surface area contributed by atoms with E-state index >= 15 is 0 Å². The van der Waals surface area contributed by atoms with Crippen LogP contribution in [-0.4, -0.2) is 12.9 Å². The number of hydrogen-bond donors (Lipinski definition) is 0. The Morgan fingerprint density at radius 3 is 1.48 bits per heavy atom. The first-order valence-electron chi connectivity index (χ1n) is 10.8. The summed E-state index contributed by atoms with van der Waals surface area (Å²) in [5.41, 5.74) is -5.08. The van der Waals surface area contributed by atoms with E-state index in [4.69, 9.17) is 32.7 Å². The molecule has 0 amide bonds. The number of rotatable bonds is 6. The molecule has 0 heterocycles. The predicted molar refractivity (Wildman–Crippen MR) is 129 cm³/mol. The Kier molecular flexibility index (Phi) is 8.00. The minimum Gasteiger partial charge on any atom is -0.494 e. The Morgan fingerprint density at radius 1 is 0.625 bits per heavy atom. The SMILES string of the molecule is COc1c(Cl)cc(C(=O)c2ccc(Oc3c(F)c(F)c(-c4c(F)c(F)c(C)c(F)c4F)c(F)c3F)cc2)cc1Cl. The molecule has 0 bridgehead atoms. The summed E-state index contributed by atoms with van der Waals surface area (Å²) in [7, 11) is 1.32. The third-order valence-corrected chi connectivity index (χ3v) is 6.32. The first-order chi connectivity index (χ1) is 18.8. The van der Waals surface area contributed by atoms with Gasteiger partial charge in [-0.1, -0.05) is 23.2 Å². The summed E-state index contributed by atoms with van der Waals surface area (Å²) in [6, 6.07) is 6.90. The van der Waals surface area contributed by atoms with Crippen molar-refractivity contribution < 1.29 is 49.4 Å². The normalized spacial score (nSPS) is 11.1. The number of ether oxygens (including phenoxy) is 2. The number of carbonyl (C=O) groups is 1. The van der Waals surface area contributed by atoms with Crippen molar-refractivity contribution in [1.82, 2.24) is 0 Å². The zero-order valence-electron chi connectivity index (χ0n) is 20.0. The molecule has 13 heteroatoms. The molecule has 208 valence electrons. The minimum atomic E-state index is -2.38. The lowest BCUT2D eigenvalue weighted by atomic mass is 9.99. The zero-order chi connectivity index (χ0) is 29.6. The molecule has 0 saturated carbocycles. The molecule has 0 saturated heterocycles. The van der Waals surface area contributed by atoms with Crippen molar-refractivity contribution in [2.75, 3.05) is 7.11 Å². The second kappa shape index (κ2) is 11.0. The summed E-state index contributed by atoms with van der Waals surface area (Å²) >= 11 is 12.1. The van der Waals surface area contributed by atoms with E-state index in [2.05, 4.69) is 0 Å². The highest BCUT2D eigenvalue weighted by molar-refractivity contribution is 6.38. The van der Waals surface area contributed by atoms with Gasteiger partial charge in [0.25, 0.3) is 0 Å². The number of hydrogen-bond acceptors (Lipinski definition) is 3. The Balaban J connectivity index is 1.70. The highest BCUT2D eigenvalue weighted by atomic mass is 35.5. The van der Waals surface area contributed by atoms with Gasteiger partial charge in [0.05, 0.1) is 28.3 Å². The fourth-order valence-corrected chi connectivity index (χ4v) is 4.37. The highest BCUT2D eigenvalue weighted by Gasteiger charge is 2.34. The van der Waals surface area contributed by atoms with E-state index in [0.29, 0.717) is 6.92 Å². The molecular formula is C27H12Cl2F8O3. The first kappa shape index (κ1) is 29.2. The van der Waals surface area contributed by atoms with Crippen LogP contribution in [-0.2, 0) is 0 Å². The summed E-state index contributed by atoms with van der Waals surface area (Å²) in [5.74, 6) is -20.3. The van der Waals surface area contributed by atoms with Crippen LogP contribution in [0.4, 0.5) is 35.1 Å². The summed E-state index contributed by atoms with van der Waals surface area (Å²) in [5, 5.41) is 0.0975. The van der Waals surface area contributed by atoms with Crippen LogP contribution in [0.25, 0.3) is 11.1 Å². The fraction of sp³-hybridized carbons (Fsp3) is 0.0741. The van der Waals surface area contributed by atoms with E-state index in [1.54, 1.807) is 0 Å². The standard InChI is InChI=1S/C27H12Cl2F8O3/c1-9-17(30)19(32)15(20(33)18(9)31)16-21(34)23(36)27(24(37)22(16)35)40-12-5-3-10(4-6-12)25(38)11-7-13(28)26(39-2)14(29)8-11/h3-8H,1-2H3. The molecule has 0 aromatic heterocycles. The molecule has 4 aromatic carbocycles. The van der Waals surface area contributed by atoms with Crippen LogP contribution in [0.5, 0.6) is 17.2 Å². The van der Waals surface area contributed by atoms with Gasteiger partial charge >= 0.3 is 0 Å². The fourth-order valence-electron chi connectivity index (χ4n) is 3.73. The van der Waals surface area contributed by atoms with Gasteiger partial charge in [-0.25, -0.2) is 26.3 Å². The van der Waals surface area contributed by atoms with Crippen molar-refractivity contribution in [2.24, 2.45) is 0 Å². The largest absolute Gasteiger partial charge is 0.494 e. The maximum absolute atomic E-state index is 14.8. The van der Waals surface area contributed by atoms with E-state index in [1.165, 1.54) is 19.2 Å². The smallest absolute Gasteiger partial charge is 0.205 e. The van der Waals surface area contributed by atoms with E-state index in [9.17, 15) is 39.9 Å². The number of halogens is 10. The zero-order valence-corrected chi connectivity index (χ0v) is 21.5. The average molecular weight is 607 g/mol. The topological polar surface area (TPSA) is 35.5 Å². The van der Waals surface area contributed by atoms with Gasteiger partial charge in [0.15, 0.2) is 46.4 Å². The number of benzene rings is 4. The lowest BCUT2D eigenvalue weighted by Crippen LogP contribution is -2.09. The summed E-state index contributed by atoms with van der Waals surface area (Å²) in [6.07, 6.45) is 0. The summed E-state index contributed by atoms with van der Waals surface area (Å²) in [6.45, 7) is 0.644. The minimum absolute atomic E-state index is 0.0210. The van der Waals surface area contributed by atoms with Gasteiger partial charge in [-0.05, 0) is 43.3 Å². The van der Waals surface area contributed by atoms with E-state index in [0.717, 1.165) is 24.3 Å². The van der Waals surface area contributed by atoms with Crippen LogP contribution < -0.4 is 9.47 Å². The Labute approximate surface area is 230 Å². The Bertz CT molecular complexity index is 1610. The average Bonchev–Trinajstić information content (AvgIpc) is 2.93. The monoisotopic (exact) mass is 606 g/mol. The molecule has 0 fully saturated rings. The van der Waals surface area contributed by atoms with Crippen LogP contribution in [0.1, 0.15) is 21.5 Å². The van der Waals surface area contributed by atoms with Crippen LogP contribution in [0, 0.1) is 53.5 Å². The second-order valence-electron chi connectivity index (χ2n) is 8.14. The van der Waals surface area contributed by atoms with Gasteiger partial charge in [-0.15, -0.1) is 0 Å². The third-order valence-electron chi connectivity index (χ3n) is 5.76. The van der Waals surface area contributed by atoms with E-state index in [1.807, 2.05) is 0 Å². The van der Waals surface area contributed by atoms with Crippen molar-refractivity contribution in [3.8, 4) is 28.4 Å². The molecule has 0 aliphatic heterocycles. The van der Waals surface area contributed by atoms with Gasteiger partial charge in [0.2, 0.25) is 17.4 Å². The lowest BCUT2D eigenvalue weighted by molar-refractivity contribution is 0.103. The highest BCUT2D eigenvalue weighted by Crippen LogP contribution is 2.41. The van der Waals surface area contributed by atoms with Crippen molar-refractivity contribution >= 4 is 29.0 Å². The molecule has 0 unspecified atom stereocenters. The van der Waals surface area contributed by atoms with Gasteiger partial charge in [0, 0.05) is 16.7 Å². The summed E-state index contributed by atoms with van der Waals surface area (Å²) < 4.78 is 126. The van der Waals surface area contributed by atoms with Crippen molar-refractivity contribution in [3.05, 3.63) is 110 Å². The van der Waals surface area contributed by atoms with E-state index < -0.39 is 80.5 Å². The van der Waals surface area contributed by atoms with Crippen molar-refractivity contribution in [3.63, 3.8) is 0 Å². The Hall–Kier alpha value is -3.83. The second-order valence-corrected chi connectivity index (χ2v) is 8.96. The molecular weight excluding hydrogens is 595 g/mol. The maximum Gasteiger partial charge on any atom is 0.205 e. The number of carbonyl (C=O) groups excluding carboxylic acids is 1. The molecule has 0 atom stereocenters. The molecule has 0 radical (unpaired) electrons. The summed E-state index contributed by atoms with van der Waals surface area (Å²) in [4.78, 5) is 12.8. The molecule has 0 aliphatic carbocycles. The molecule has 0 spiro atoms. The molecule has 40 heavy (non-hydrogen) atoms. The predicted octanol–water partition coefficient (Wildman–Crippen LogP) is 9.11. The van der Waals surface area contributed by atoms with Gasteiger partial charge in [-0.2, -0.15) is 8.78 Å². The lowest BCUT2D eigenvalue weighted by Gasteiger charge is -2.15. The molecule has 4 rings (SSSR count). The first-order valence-corrected chi connectivity index (χ1v) is 11.6. The molecule has 4 aromatic rings. The number of ketones is 1. The molecule has 3 nitrogen and oxygen atoms in total. The maximum atomic E-state index is 14.8. The van der Waals surface area contributed by atoms with Gasteiger partial charge < -0.3 is 9.47 Å². The van der Waals surface area contributed by atoms with Crippen LogP contribution in [0.2, 0.25) is 10.0 Å². The Morgan fingerprint density at radius 2 is 1.05 bits per heavy atom. The van der Waals surface area contributed by atoms with Crippen molar-refractivity contribution in [2.45, 2.75) is 6.92 Å². The number of methoxy groups -OCH3 is 1. The van der Waals surface area contributed by atoms with Crippen LogP contribution in [0.15, 0.2) is 36.4 Å².